The summed E-state index contributed by atoms with van der Waals surface area (Å²) in [6.45, 7) is 8.12. The first-order valence-corrected chi connectivity index (χ1v) is 4.85. The minimum atomic E-state index is 0.985. The summed E-state index contributed by atoms with van der Waals surface area (Å²) < 4.78 is 2.07. The van der Waals surface area contributed by atoms with Crippen LogP contribution in [0.5, 0.6) is 0 Å². The average Bonchev–Trinajstić information content (AvgIpc) is 2.52. The molecule has 1 aromatic heterocycles. The molecule has 13 heavy (non-hydrogen) atoms. The molecule has 0 fully saturated rings. The fourth-order valence-electron chi connectivity index (χ4n) is 1.35. The fraction of sp³-hybridized carbons (Fsp3) is 0.600. The fourth-order valence-corrected chi connectivity index (χ4v) is 1.35. The molecule has 0 bridgehead atoms. The molecule has 0 saturated heterocycles. The van der Waals surface area contributed by atoms with Crippen LogP contribution in [0, 0.1) is 6.92 Å². The second-order valence-corrected chi connectivity index (χ2v) is 3.01. The van der Waals surface area contributed by atoms with Crippen LogP contribution in [0.4, 0.5) is 0 Å². The van der Waals surface area contributed by atoms with Crippen molar-refractivity contribution >= 4 is 6.20 Å². The van der Waals surface area contributed by atoms with E-state index in [0.29, 0.717) is 0 Å². The summed E-state index contributed by atoms with van der Waals surface area (Å²) in [6, 6.07) is 0. The predicted octanol–water partition coefficient (Wildman–Crippen LogP) is 2.42. The molecule has 1 aromatic rings. The number of fused-ring (bicyclic) bond motifs is 1. The maximum atomic E-state index is 4.06. The molecule has 0 spiro atoms. The van der Waals surface area contributed by atoms with E-state index in [9.17, 15) is 0 Å². The monoisotopic (exact) mass is 179 g/mol. The molecule has 0 aromatic carbocycles. The van der Waals surface area contributed by atoms with Gasteiger partial charge in [0.2, 0.25) is 0 Å². The van der Waals surface area contributed by atoms with E-state index in [4.69, 9.17) is 0 Å². The lowest BCUT2D eigenvalue weighted by Gasteiger charge is -2.10. The van der Waals surface area contributed by atoms with Crippen molar-refractivity contribution < 1.29 is 0 Å². The third-order valence-corrected chi connectivity index (χ3v) is 2.03. The van der Waals surface area contributed by atoms with Crippen molar-refractivity contribution in [2.24, 2.45) is 0 Å². The van der Waals surface area contributed by atoms with Crippen molar-refractivity contribution in [2.75, 3.05) is 0 Å². The normalized spacial score (nSPS) is 14.0. The molecule has 0 atom stereocenters. The molecular weight excluding hydrogens is 162 g/mol. The van der Waals surface area contributed by atoms with Gasteiger partial charge in [-0.25, -0.2) is 0 Å². The van der Waals surface area contributed by atoms with Gasteiger partial charge in [-0.3, -0.25) is 4.57 Å². The van der Waals surface area contributed by atoms with Crippen LogP contribution in [0.25, 0.3) is 6.20 Å². The quantitative estimate of drug-likeness (QED) is 0.612. The zero-order valence-corrected chi connectivity index (χ0v) is 8.83. The molecule has 2 heterocycles. The van der Waals surface area contributed by atoms with E-state index in [-0.39, 0.29) is 0 Å². The Labute approximate surface area is 79.5 Å². The summed E-state index contributed by atoms with van der Waals surface area (Å²) in [5.74, 6) is 2.08. The molecule has 0 unspecified atom stereocenters. The Balaban J connectivity index is 0.000000396. The van der Waals surface area contributed by atoms with Gasteiger partial charge in [-0.15, -0.1) is 10.2 Å². The van der Waals surface area contributed by atoms with Crippen LogP contribution < -0.4 is 0 Å². The molecule has 3 heteroatoms. The lowest BCUT2D eigenvalue weighted by Crippen LogP contribution is -2.04. The second-order valence-electron chi connectivity index (χ2n) is 3.01. The van der Waals surface area contributed by atoms with Crippen molar-refractivity contribution in [3.8, 4) is 0 Å². The number of nitrogens with zero attached hydrogens (tertiary/aromatic N) is 3. The number of hydrogen-bond donors (Lipinski definition) is 0. The summed E-state index contributed by atoms with van der Waals surface area (Å²) in [4.78, 5) is 0. The Morgan fingerprint density at radius 1 is 1.15 bits per heavy atom. The minimum absolute atomic E-state index is 0.985. The SMILES string of the molecule is CC.CC1=Cn2c(C)nnc2CC1. The van der Waals surface area contributed by atoms with Crippen LogP contribution in [0.2, 0.25) is 0 Å². The lowest BCUT2D eigenvalue weighted by atomic mass is 10.1. The van der Waals surface area contributed by atoms with Gasteiger partial charge in [-0.1, -0.05) is 19.4 Å². The van der Waals surface area contributed by atoms with E-state index >= 15 is 0 Å². The predicted molar refractivity (Wildman–Crippen MR) is 54.4 cm³/mol. The topological polar surface area (TPSA) is 30.7 Å². The van der Waals surface area contributed by atoms with Crippen LogP contribution in [0.15, 0.2) is 5.57 Å². The van der Waals surface area contributed by atoms with E-state index in [2.05, 4.69) is 27.9 Å². The van der Waals surface area contributed by atoms with Gasteiger partial charge < -0.3 is 0 Å². The molecule has 0 aliphatic carbocycles. The first-order chi connectivity index (χ1) is 6.27. The van der Waals surface area contributed by atoms with E-state index in [1.165, 1.54) is 5.57 Å². The van der Waals surface area contributed by atoms with Gasteiger partial charge in [-0.05, 0) is 20.3 Å². The highest BCUT2D eigenvalue weighted by Gasteiger charge is 2.10. The van der Waals surface area contributed by atoms with Gasteiger partial charge in [0, 0.05) is 12.6 Å². The summed E-state index contributed by atoms with van der Waals surface area (Å²) >= 11 is 0. The molecule has 1 aliphatic rings. The molecule has 1 aliphatic heterocycles. The van der Waals surface area contributed by atoms with Gasteiger partial charge in [0.15, 0.2) is 0 Å². The highest BCUT2D eigenvalue weighted by atomic mass is 15.3. The van der Waals surface area contributed by atoms with Gasteiger partial charge in [0.25, 0.3) is 0 Å². The van der Waals surface area contributed by atoms with Crippen LogP contribution >= 0.6 is 0 Å². The number of allylic oxidation sites excluding steroid dienone is 1. The molecule has 2 rings (SSSR count). The van der Waals surface area contributed by atoms with Crippen LogP contribution in [-0.4, -0.2) is 14.8 Å². The molecule has 3 nitrogen and oxygen atoms in total. The third kappa shape index (κ3) is 1.97. The van der Waals surface area contributed by atoms with Gasteiger partial charge in [0.05, 0.1) is 0 Å². The Bertz CT molecular complexity index is 310. The number of hydrogen-bond acceptors (Lipinski definition) is 2. The van der Waals surface area contributed by atoms with Gasteiger partial charge in [0.1, 0.15) is 11.6 Å². The lowest BCUT2D eigenvalue weighted by molar-refractivity contribution is 0.793. The summed E-state index contributed by atoms with van der Waals surface area (Å²) in [5, 5.41) is 8.06. The molecule has 0 N–H and O–H groups in total. The van der Waals surface area contributed by atoms with Crippen molar-refractivity contribution in [1.82, 2.24) is 14.8 Å². The largest absolute Gasteiger partial charge is 0.290 e. The highest BCUT2D eigenvalue weighted by molar-refractivity contribution is 5.35. The number of rotatable bonds is 0. The van der Waals surface area contributed by atoms with E-state index in [1.54, 1.807) is 0 Å². The minimum Gasteiger partial charge on any atom is -0.290 e. The van der Waals surface area contributed by atoms with E-state index in [0.717, 1.165) is 24.5 Å². The van der Waals surface area contributed by atoms with Crippen molar-refractivity contribution in [2.45, 2.75) is 40.5 Å². The van der Waals surface area contributed by atoms with Gasteiger partial charge >= 0.3 is 0 Å². The Morgan fingerprint density at radius 2 is 1.85 bits per heavy atom. The molecule has 72 valence electrons. The second kappa shape index (κ2) is 4.21. The van der Waals surface area contributed by atoms with Crippen molar-refractivity contribution in [1.29, 1.82) is 0 Å². The zero-order chi connectivity index (χ0) is 9.84. The summed E-state index contributed by atoms with van der Waals surface area (Å²) in [5.41, 5.74) is 1.40. The van der Waals surface area contributed by atoms with Crippen LogP contribution in [-0.2, 0) is 6.42 Å². The third-order valence-electron chi connectivity index (χ3n) is 2.03. The number of aromatic nitrogens is 3. The standard InChI is InChI=1S/C8H11N3.C2H6/c1-6-3-4-8-10-9-7(2)11(8)5-6;1-2/h5H,3-4H2,1-2H3;1-2H3. The zero-order valence-electron chi connectivity index (χ0n) is 8.83. The smallest absolute Gasteiger partial charge is 0.137 e. The number of aryl methyl sites for hydroxylation is 2. The Kier molecular flexibility index (Phi) is 3.23. The van der Waals surface area contributed by atoms with Gasteiger partial charge in [-0.2, -0.15) is 0 Å². The molecule has 0 saturated carbocycles. The maximum absolute atomic E-state index is 4.06. The molecular formula is C10H17N3. The molecule has 0 radical (unpaired) electrons. The van der Waals surface area contributed by atoms with Crippen LogP contribution in [0.3, 0.4) is 0 Å². The maximum Gasteiger partial charge on any atom is 0.137 e. The highest BCUT2D eigenvalue weighted by Crippen LogP contribution is 2.16. The first kappa shape index (κ1) is 9.96. The average molecular weight is 179 g/mol. The summed E-state index contributed by atoms with van der Waals surface area (Å²) in [7, 11) is 0. The molecule has 0 amide bonds. The van der Waals surface area contributed by atoms with Crippen molar-refractivity contribution in [3.63, 3.8) is 0 Å². The van der Waals surface area contributed by atoms with E-state index in [1.807, 2.05) is 20.8 Å². The Morgan fingerprint density at radius 3 is 2.54 bits per heavy atom. The Hall–Kier alpha value is -1.12. The van der Waals surface area contributed by atoms with Crippen LogP contribution in [0.1, 0.15) is 38.8 Å². The van der Waals surface area contributed by atoms with E-state index < -0.39 is 0 Å². The first-order valence-electron chi connectivity index (χ1n) is 4.85. The summed E-state index contributed by atoms with van der Waals surface area (Å²) in [6.07, 6.45) is 4.27. The van der Waals surface area contributed by atoms with Crippen molar-refractivity contribution in [3.05, 3.63) is 17.2 Å².